The lowest BCUT2D eigenvalue weighted by Crippen LogP contribution is -2.25. The fourth-order valence-electron chi connectivity index (χ4n) is 2.33. The van der Waals surface area contributed by atoms with Gasteiger partial charge in [-0.25, -0.2) is 4.98 Å². The number of carbonyl (C=O) groups is 1. The molecule has 0 radical (unpaired) electrons. The molecule has 2 atom stereocenters. The summed E-state index contributed by atoms with van der Waals surface area (Å²) in [6, 6.07) is 0. The van der Waals surface area contributed by atoms with Crippen LogP contribution in [0.3, 0.4) is 0 Å². The van der Waals surface area contributed by atoms with Crippen molar-refractivity contribution in [2.45, 2.75) is 51.6 Å². The highest BCUT2D eigenvalue weighted by Gasteiger charge is 2.36. The van der Waals surface area contributed by atoms with Gasteiger partial charge in [-0.1, -0.05) is 6.92 Å². The first kappa shape index (κ1) is 13.5. The number of aryl methyl sites for hydroxylation is 1. The van der Waals surface area contributed by atoms with Crippen molar-refractivity contribution < 1.29 is 14.6 Å². The van der Waals surface area contributed by atoms with Crippen molar-refractivity contribution in [2.24, 2.45) is 0 Å². The second kappa shape index (κ2) is 4.97. The Hall–Kier alpha value is -0.940. The maximum Gasteiger partial charge on any atom is 0.312 e. The van der Waals surface area contributed by atoms with Gasteiger partial charge in [0, 0.05) is 11.5 Å². The minimum atomic E-state index is -0.764. The van der Waals surface area contributed by atoms with Crippen molar-refractivity contribution in [3.8, 4) is 0 Å². The fourth-order valence-corrected chi connectivity index (χ4v) is 3.64. The van der Waals surface area contributed by atoms with Crippen LogP contribution in [0.25, 0.3) is 0 Å². The third-order valence-electron chi connectivity index (χ3n) is 3.61. The van der Waals surface area contributed by atoms with Gasteiger partial charge in [0.25, 0.3) is 0 Å². The van der Waals surface area contributed by atoms with E-state index in [2.05, 4.69) is 11.9 Å². The summed E-state index contributed by atoms with van der Waals surface area (Å²) in [4.78, 5) is 16.8. The average molecular weight is 269 g/mol. The molecule has 1 aromatic rings. The van der Waals surface area contributed by atoms with Crippen LogP contribution >= 0.6 is 11.3 Å². The molecular weight excluding hydrogens is 250 g/mol. The van der Waals surface area contributed by atoms with Crippen LogP contribution in [0.1, 0.15) is 55.1 Å². The summed E-state index contributed by atoms with van der Waals surface area (Å²) in [6.45, 7) is 6.70. The van der Waals surface area contributed by atoms with E-state index in [1.165, 1.54) is 0 Å². The minimum Gasteiger partial charge on any atom is -0.481 e. The normalized spacial score (nSPS) is 21.6. The number of ether oxygens (including phenoxy) is 1. The van der Waals surface area contributed by atoms with Crippen molar-refractivity contribution in [2.75, 3.05) is 6.61 Å². The molecular formula is C13H19NO3S. The number of nitrogens with zero attached hydrogens (tertiary/aromatic N) is 1. The summed E-state index contributed by atoms with van der Waals surface area (Å²) in [5, 5.41) is 10.1. The number of aliphatic carboxylic acids is 1. The molecule has 0 saturated heterocycles. The molecule has 0 spiro atoms. The van der Waals surface area contributed by atoms with E-state index in [0.29, 0.717) is 13.0 Å². The molecule has 0 aromatic carbocycles. The molecule has 0 saturated carbocycles. The number of carboxylic acids is 1. The number of hydrogen-bond acceptors (Lipinski definition) is 4. The Labute approximate surface area is 111 Å². The summed E-state index contributed by atoms with van der Waals surface area (Å²) in [5.41, 5.74) is 0.383. The third-order valence-corrected chi connectivity index (χ3v) is 4.98. The Balaban J connectivity index is 2.33. The molecule has 0 amide bonds. The number of hydrogen-bond donors (Lipinski definition) is 1. The lowest BCUT2D eigenvalue weighted by atomic mass is 10.0. The molecule has 0 bridgehead atoms. The van der Waals surface area contributed by atoms with Crippen LogP contribution < -0.4 is 0 Å². The number of thiazole rings is 1. The molecule has 1 aromatic heterocycles. The molecule has 1 aliphatic carbocycles. The Morgan fingerprint density at radius 1 is 1.61 bits per heavy atom. The average Bonchev–Trinajstić information content (AvgIpc) is 2.87. The Morgan fingerprint density at radius 3 is 2.89 bits per heavy atom. The van der Waals surface area contributed by atoms with E-state index in [1.54, 1.807) is 11.3 Å². The van der Waals surface area contributed by atoms with E-state index in [-0.39, 0.29) is 5.60 Å². The monoisotopic (exact) mass is 269 g/mol. The van der Waals surface area contributed by atoms with Crippen LogP contribution in [-0.2, 0) is 21.6 Å². The summed E-state index contributed by atoms with van der Waals surface area (Å²) >= 11 is 1.62. The lowest BCUT2D eigenvalue weighted by molar-refractivity contribution is -0.138. The van der Waals surface area contributed by atoms with Crippen LogP contribution in [-0.4, -0.2) is 22.7 Å². The van der Waals surface area contributed by atoms with Gasteiger partial charge in [-0.3, -0.25) is 4.79 Å². The second-order valence-electron chi connectivity index (χ2n) is 4.77. The highest BCUT2D eigenvalue weighted by molar-refractivity contribution is 7.12. The van der Waals surface area contributed by atoms with Crippen LogP contribution in [0, 0.1) is 0 Å². The van der Waals surface area contributed by atoms with Gasteiger partial charge in [0.05, 0.1) is 5.69 Å². The van der Waals surface area contributed by atoms with Gasteiger partial charge in [-0.15, -0.1) is 11.3 Å². The van der Waals surface area contributed by atoms with E-state index in [0.717, 1.165) is 28.4 Å². The molecule has 4 nitrogen and oxygen atoms in total. The van der Waals surface area contributed by atoms with Crippen molar-refractivity contribution in [3.63, 3.8) is 0 Å². The van der Waals surface area contributed by atoms with Gasteiger partial charge < -0.3 is 9.84 Å². The summed E-state index contributed by atoms with van der Waals surface area (Å²) in [6.07, 6.45) is 2.35. The van der Waals surface area contributed by atoms with E-state index in [4.69, 9.17) is 9.84 Å². The van der Waals surface area contributed by atoms with E-state index >= 15 is 0 Å². The first-order valence-corrected chi connectivity index (χ1v) is 7.20. The van der Waals surface area contributed by atoms with Gasteiger partial charge in [-0.2, -0.15) is 0 Å². The molecule has 5 heteroatoms. The third kappa shape index (κ3) is 2.17. The molecule has 100 valence electrons. The number of fused-ring (bicyclic) bond motifs is 1. The Morgan fingerprint density at radius 2 is 2.33 bits per heavy atom. The number of carboxylic acid groups (broad SMARTS) is 1. The molecule has 1 heterocycles. The van der Waals surface area contributed by atoms with E-state index in [9.17, 15) is 4.79 Å². The molecule has 2 unspecified atom stereocenters. The molecule has 18 heavy (non-hydrogen) atoms. The molecule has 0 fully saturated rings. The number of aromatic nitrogens is 1. The quantitative estimate of drug-likeness (QED) is 0.893. The first-order chi connectivity index (χ1) is 8.51. The molecule has 2 rings (SSSR count). The van der Waals surface area contributed by atoms with Gasteiger partial charge in [0.15, 0.2) is 0 Å². The minimum absolute atomic E-state index is 0.382. The smallest absolute Gasteiger partial charge is 0.312 e. The van der Waals surface area contributed by atoms with Crippen molar-refractivity contribution in [1.29, 1.82) is 0 Å². The second-order valence-corrected chi connectivity index (χ2v) is 5.86. The van der Waals surface area contributed by atoms with E-state index in [1.807, 2.05) is 13.8 Å². The zero-order chi connectivity index (χ0) is 13.3. The van der Waals surface area contributed by atoms with Crippen molar-refractivity contribution in [1.82, 2.24) is 4.98 Å². The Kier molecular flexibility index (Phi) is 3.73. The topological polar surface area (TPSA) is 59.4 Å². The summed E-state index contributed by atoms with van der Waals surface area (Å²) in [7, 11) is 0. The van der Waals surface area contributed by atoms with Gasteiger partial charge in [-0.05, 0) is 33.1 Å². The largest absolute Gasteiger partial charge is 0.481 e. The summed E-state index contributed by atoms with van der Waals surface area (Å²) < 4.78 is 5.80. The van der Waals surface area contributed by atoms with Crippen molar-refractivity contribution in [3.05, 3.63) is 15.6 Å². The highest BCUT2D eigenvalue weighted by atomic mass is 32.1. The van der Waals surface area contributed by atoms with E-state index < -0.39 is 11.9 Å². The zero-order valence-electron chi connectivity index (χ0n) is 11.0. The predicted molar refractivity (Wildman–Crippen MR) is 70.1 cm³/mol. The number of rotatable bonds is 5. The maximum atomic E-state index is 11.2. The Bertz CT molecular complexity index is 457. The first-order valence-electron chi connectivity index (χ1n) is 6.38. The fraction of sp³-hybridized carbons (Fsp3) is 0.692. The highest BCUT2D eigenvalue weighted by Crippen LogP contribution is 2.41. The van der Waals surface area contributed by atoms with Gasteiger partial charge in [0.1, 0.15) is 16.5 Å². The van der Waals surface area contributed by atoms with Crippen LogP contribution in [0.4, 0.5) is 0 Å². The summed E-state index contributed by atoms with van der Waals surface area (Å²) in [5.74, 6) is -1.19. The lowest BCUT2D eigenvalue weighted by Gasteiger charge is -2.25. The van der Waals surface area contributed by atoms with Gasteiger partial charge >= 0.3 is 5.97 Å². The SMILES string of the molecule is CCOC(C)(CC)c1nc2c(s1)CCC2C(=O)O. The van der Waals surface area contributed by atoms with Crippen LogP contribution in [0.2, 0.25) is 0 Å². The molecule has 1 aliphatic rings. The van der Waals surface area contributed by atoms with Crippen LogP contribution in [0.15, 0.2) is 0 Å². The molecule has 1 N–H and O–H groups in total. The van der Waals surface area contributed by atoms with Crippen molar-refractivity contribution >= 4 is 17.3 Å². The van der Waals surface area contributed by atoms with Crippen LogP contribution in [0.5, 0.6) is 0 Å². The maximum absolute atomic E-state index is 11.2. The standard InChI is InChI=1S/C13H19NO3S/c1-4-13(3,17-5-2)12-14-10-8(11(15)16)6-7-9(10)18-12/h8H,4-7H2,1-3H3,(H,15,16). The predicted octanol–water partition coefficient (Wildman–Crippen LogP) is 2.92. The zero-order valence-corrected chi connectivity index (χ0v) is 11.8. The van der Waals surface area contributed by atoms with Gasteiger partial charge in [0.2, 0.25) is 0 Å². The molecule has 0 aliphatic heterocycles.